The number of hydrogen-bond acceptors (Lipinski definition) is 6. The predicted octanol–water partition coefficient (Wildman–Crippen LogP) is 6.04. The lowest BCUT2D eigenvalue weighted by Crippen LogP contribution is -2.54. The summed E-state index contributed by atoms with van der Waals surface area (Å²) in [5.41, 5.74) is 4.65. The normalized spacial score (nSPS) is 21.3. The molecule has 0 radical (unpaired) electrons. The summed E-state index contributed by atoms with van der Waals surface area (Å²) in [5.74, 6) is 0.882. The average Bonchev–Trinajstić information content (AvgIpc) is 3.02. The van der Waals surface area contributed by atoms with E-state index < -0.39 is 0 Å². The Kier molecular flexibility index (Phi) is 8.70. The number of hydrogen-bond donors (Lipinski definition) is 2. The minimum atomic E-state index is -0.0420. The Morgan fingerprint density at radius 3 is 2.48 bits per heavy atom. The van der Waals surface area contributed by atoms with Crippen molar-refractivity contribution in [3.8, 4) is 0 Å². The molecule has 1 aromatic heterocycles. The van der Waals surface area contributed by atoms with Gasteiger partial charge >= 0.3 is 6.03 Å². The molecule has 8 heteroatoms. The van der Waals surface area contributed by atoms with E-state index in [-0.39, 0.29) is 12.1 Å². The van der Waals surface area contributed by atoms with E-state index in [0.717, 1.165) is 74.6 Å². The van der Waals surface area contributed by atoms with Crippen molar-refractivity contribution in [1.82, 2.24) is 10.3 Å². The molecule has 3 fully saturated rings. The molecule has 0 bridgehead atoms. The largest absolute Gasteiger partial charge is 0.380 e. The summed E-state index contributed by atoms with van der Waals surface area (Å²) < 4.78 is 5.56. The summed E-state index contributed by atoms with van der Waals surface area (Å²) >= 11 is 0. The van der Waals surface area contributed by atoms with Crippen LogP contribution in [0, 0.1) is 5.41 Å². The van der Waals surface area contributed by atoms with Crippen molar-refractivity contribution in [2.45, 2.75) is 63.7 Å². The van der Waals surface area contributed by atoms with Gasteiger partial charge in [0.15, 0.2) is 0 Å². The number of carbonyl (C=O) groups is 1. The molecule has 220 valence electrons. The highest BCUT2D eigenvalue weighted by atomic mass is 16.5. The Hall–Kier alpha value is -3.91. The lowest BCUT2D eigenvalue weighted by atomic mass is 9.78. The fourth-order valence-corrected chi connectivity index (χ4v) is 6.65. The minimum absolute atomic E-state index is 0.0420. The van der Waals surface area contributed by atoms with Gasteiger partial charge < -0.3 is 20.3 Å². The molecule has 0 atom stereocenters. The summed E-state index contributed by atoms with van der Waals surface area (Å²) in [6, 6.07) is 23.2. The van der Waals surface area contributed by atoms with E-state index in [1.807, 2.05) is 53.6 Å². The van der Waals surface area contributed by atoms with Gasteiger partial charge in [-0.05, 0) is 86.7 Å². The number of amides is 2. The SMILES string of the molecule is C=NCc1ccc(N[C@H]2CC[C@H](N(C(=O)NCc3ccccc3)c3ccc(N4CCCC5(COC5)C4)cc3)CC2)nc1. The number of aliphatic imine (C=N–C) groups is 1. The molecule has 2 N–H and O–H groups in total. The van der Waals surface area contributed by atoms with Gasteiger partial charge in [0, 0.05) is 54.7 Å². The molecule has 0 unspecified atom stereocenters. The first-order chi connectivity index (χ1) is 20.6. The lowest BCUT2D eigenvalue weighted by molar-refractivity contribution is -0.117. The Bertz CT molecular complexity index is 1320. The first-order valence-corrected chi connectivity index (χ1v) is 15.3. The topological polar surface area (TPSA) is 82.1 Å². The molecule has 8 nitrogen and oxygen atoms in total. The maximum absolute atomic E-state index is 13.7. The van der Waals surface area contributed by atoms with Gasteiger partial charge in [-0.25, -0.2) is 9.78 Å². The van der Waals surface area contributed by atoms with Crippen molar-refractivity contribution in [2.75, 3.05) is 41.4 Å². The van der Waals surface area contributed by atoms with Crippen molar-refractivity contribution < 1.29 is 9.53 Å². The summed E-state index contributed by atoms with van der Waals surface area (Å²) in [4.78, 5) is 26.7. The first-order valence-electron chi connectivity index (χ1n) is 15.3. The molecule has 6 rings (SSSR count). The van der Waals surface area contributed by atoms with Crippen molar-refractivity contribution >= 4 is 29.9 Å². The minimum Gasteiger partial charge on any atom is -0.380 e. The van der Waals surface area contributed by atoms with Crippen LogP contribution < -0.4 is 20.4 Å². The van der Waals surface area contributed by atoms with Gasteiger partial charge in [-0.3, -0.25) is 9.89 Å². The first kappa shape index (κ1) is 28.2. The standard InChI is InChI=1S/C34H42N6O2/c1-35-20-27-8-17-32(36-22-27)38-28-9-11-30(12-10-28)40(33(41)37-21-26-6-3-2-4-7-26)31-15-13-29(14-16-31)39-19-5-18-34(23-39)24-42-25-34/h2-4,6-8,13-17,22,28,30H,1,5,9-12,18-21,23-25H2,(H,36,38)(H,37,41)/t28-,30-. The van der Waals surface area contributed by atoms with Gasteiger partial charge in [-0.1, -0.05) is 36.4 Å². The second-order valence-corrected chi connectivity index (χ2v) is 12.1. The van der Waals surface area contributed by atoms with Crippen LogP contribution >= 0.6 is 0 Å². The summed E-state index contributed by atoms with van der Waals surface area (Å²) in [6.45, 7) is 8.52. The zero-order valence-corrected chi connectivity index (χ0v) is 24.4. The highest BCUT2D eigenvalue weighted by Gasteiger charge is 2.42. The van der Waals surface area contributed by atoms with Crippen LogP contribution in [0.3, 0.4) is 0 Å². The summed E-state index contributed by atoms with van der Waals surface area (Å²) in [6.07, 6.45) is 8.09. The van der Waals surface area contributed by atoms with Gasteiger partial charge in [-0.15, -0.1) is 0 Å². The Morgan fingerprint density at radius 2 is 1.81 bits per heavy atom. The number of ether oxygens (including phenoxy) is 1. The van der Waals surface area contributed by atoms with E-state index in [2.05, 4.69) is 56.5 Å². The van der Waals surface area contributed by atoms with Crippen molar-refractivity contribution in [2.24, 2.45) is 10.4 Å². The lowest BCUT2D eigenvalue weighted by Gasteiger charge is -2.49. The molecular formula is C34H42N6O2. The Morgan fingerprint density at radius 1 is 1.02 bits per heavy atom. The third-order valence-electron chi connectivity index (χ3n) is 9.01. The predicted molar refractivity (Wildman–Crippen MR) is 169 cm³/mol. The van der Waals surface area contributed by atoms with Crippen molar-refractivity contribution in [1.29, 1.82) is 0 Å². The van der Waals surface area contributed by atoms with Crippen LogP contribution in [0.25, 0.3) is 0 Å². The van der Waals surface area contributed by atoms with Gasteiger partial charge in [0.2, 0.25) is 0 Å². The van der Waals surface area contributed by atoms with Crippen LogP contribution in [-0.2, 0) is 17.8 Å². The fraction of sp³-hybridized carbons (Fsp3) is 0.441. The maximum atomic E-state index is 13.7. The number of pyridine rings is 1. The van der Waals surface area contributed by atoms with Crippen LogP contribution in [0.1, 0.15) is 49.7 Å². The molecule has 2 aliphatic heterocycles. The van der Waals surface area contributed by atoms with Crippen LogP contribution in [0.5, 0.6) is 0 Å². The van der Waals surface area contributed by atoms with Crippen LogP contribution in [0.4, 0.5) is 22.0 Å². The molecule has 1 spiro atoms. The molecule has 3 aromatic rings. The highest BCUT2D eigenvalue weighted by Crippen LogP contribution is 2.39. The van der Waals surface area contributed by atoms with Crippen LogP contribution in [0.15, 0.2) is 77.9 Å². The zero-order chi connectivity index (χ0) is 28.8. The monoisotopic (exact) mass is 566 g/mol. The van der Waals surface area contributed by atoms with Gasteiger partial charge in [0.1, 0.15) is 5.82 Å². The van der Waals surface area contributed by atoms with E-state index in [4.69, 9.17) is 4.74 Å². The maximum Gasteiger partial charge on any atom is 0.322 e. The van der Waals surface area contributed by atoms with Crippen LogP contribution in [-0.4, -0.2) is 56.1 Å². The van der Waals surface area contributed by atoms with E-state index in [1.165, 1.54) is 18.5 Å². The molecule has 3 heterocycles. The second-order valence-electron chi connectivity index (χ2n) is 12.1. The third-order valence-corrected chi connectivity index (χ3v) is 9.01. The molecule has 2 aromatic carbocycles. The Labute approximate surface area is 249 Å². The zero-order valence-electron chi connectivity index (χ0n) is 24.4. The van der Waals surface area contributed by atoms with Crippen LogP contribution in [0.2, 0.25) is 0 Å². The summed E-state index contributed by atoms with van der Waals surface area (Å²) in [5, 5.41) is 6.78. The molecule has 42 heavy (non-hydrogen) atoms. The molecule has 2 amide bonds. The number of aromatic nitrogens is 1. The number of rotatable bonds is 9. The van der Waals surface area contributed by atoms with Gasteiger partial charge in [-0.2, -0.15) is 0 Å². The second kappa shape index (κ2) is 12.9. The highest BCUT2D eigenvalue weighted by molar-refractivity contribution is 5.92. The summed E-state index contributed by atoms with van der Waals surface area (Å²) in [7, 11) is 0. The average molecular weight is 567 g/mol. The van der Waals surface area contributed by atoms with E-state index in [1.54, 1.807) is 0 Å². The Balaban J connectivity index is 1.13. The number of benzene rings is 2. The smallest absolute Gasteiger partial charge is 0.322 e. The number of nitrogens with zero attached hydrogens (tertiary/aromatic N) is 4. The van der Waals surface area contributed by atoms with E-state index in [9.17, 15) is 4.79 Å². The number of carbonyl (C=O) groups excluding carboxylic acids is 1. The third kappa shape index (κ3) is 6.59. The number of nitrogens with one attached hydrogen (secondary N) is 2. The number of piperidine rings is 1. The number of anilines is 3. The van der Waals surface area contributed by atoms with Crippen molar-refractivity contribution in [3.63, 3.8) is 0 Å². The van der Waals surface area contributed by atoms with E-state index >= 15 is 0 Å². The molecular weight excluding hydrogens is 524 g/mol. The molecule has 2 saturated heterocycles. The molecule has 1 aliphatic carbocycles. The van der Waals surface area contributed by atoms with Crippen molar-refractivity contribution in [3.05, 3.63) is 84.1 Å². The molecule has 3 aliphatic rings. The van der Waals surface area contributed by atoms with Gasteiger partial charge in [0.25, 0.3) is 0 Å². The van der Waals surface area contributed by atoms with E-state index in [0.29, 0.717) is 24.5 Å². The quantitative estimate of drug-likeness (QED) is 0.309. The fourth-order valence-electron chi connectivity index (χ4n) is 6.65. The molecule has 1 saturated carbocycles. The number of urea groups is 1. The van der Waals surface area contributed by atoms with Gasteiger partial charge in [0.05, 0.1) is 19.8 Å².